The maximum Gasteiger partial charge on any atom is 0.223 e. The number of aromatic nitrogens is 3. The van der Waals surface area contributed by atoms with Crippen LogP contribution in [0.3, 0.4) is 0 Å². The third kappa shape index (κ3) is 4.10. The van der Waals surface area contributed by atoms with Gasteiger partial charge in [0.25, 0.3) is 0 Å². The number of rotatable bonds is 5. The highest BCUT2D eigenvalue weighted by Crippen LogP contribution is 2.20. The molecule has 2 aromatic heterocycles. The number of nitrogens with one attached hydrogen (secondary N) is 1. The zero-order valence-corrected chi connectivity index (χ0v) is 16.3. The molecule has 0 aromatic carbocycles. The summed E-state index contributed by atoms with van der Waals surface area (Å²) in [6, 6.07) is 2.06. The summed E-state index contributed by atoms with van der Waals surface area (Å²) < 4.78 is 2.19. The van der Waals surface area contributed by atoms with Crippen molar-refractivity contribution in [3.05, 3.63) is 33.5 Å². The molecule has 0 radical (unpaired) electrons. The van der Waals surface area contributed by atoms with E-state index in [1.54, 1.807) is 0 Å². The SMILES string of the molecule is Cc1ccsc1CN1CCc2nnc(C(C)NC(=O)C(C)C)n2CC1. The first-order valence-corrected chi connectivity index (χ1v) is 9.81. The fourth-order valence-electron chi connectivity index (χ4n) is 3.08. The van der Waals surface area contributed by atoms with E-state index in [2.05, 4.69) is 43.4 Å². The average molecular weight is 362 g/mol. The molecule has 7 heteroatoms. The molecule has 0 bridgehead atoms. The van der Waals surface area contributed by atoms with Gasteiger partial charge in [-0.2, -0.15) is 0 Å². The minimum absolute atomic E-state index is 0.0292. The minimum Gasteiger partial charge on any atom is -0.346 e. The summed E-state index contributed by atoms with van der Waals surface area (Å²) >= 11 is 1.83. The highest BCUT2D eigenvalue weighted by atomic mass is 32.1. The Kier molecular flexibility index (Phi) is 5.54. The fourth-order valence-corrected chi connectivity index (χ4v) is 4.03. The van der Waals surface area contributed by atoms with Crippen LogP contribution in [0.15, 0.2) is 11.4 Å². The van der Waals surface area contributed by atoms with Crippen molar-refractivity contribution in [3.8, 4) is 0 Å². The summed E-state index contributed by atoms with van der Waals surface area (Å²) in [6.07, 6.45) is 0.891. The summed E-state index contributed by atoms with van der Waals surface area (Å²) in [4.78, 5) is 15.9. The normalized spacial score (nSPS) is 16.5. The highest BCUT2D eigenvalue weighted by Gasteiger charge is 2.23. The van der Waals surface area contributed by atoms with E-state index >= 15 is 0 Å². The summed E-state index contributed by atoms with van der Waals surface area (Å²) in [7, 11) is 0. The van der Waals surface area contributed by atoms with Crippen LogP contribution >= 0.6 is 11.3 Å². The van der Waals surface area contributed by atoms with E-state index < -0.39 is 0 Å². The van der Waals surface area contributed by atoms with Gasteiger partial charge in [-0.25, -0.2) is 0 Å². The maximum atomic E-state index is 12.0. The molecular formula is C18H27N5OS. The number of hydrogen-bond acceptors (Lipinski definition) is 5. The number of aryl methyl sites for hydroxylation is 1. The fraction of sp³-hybridized carbons (Fsp3) is 0.611. The van der Waals surface area contributed by atoms with Crippen LogP contribution in [-0.2, 0) is 24.3 Å². The third-order valence-corrected chi connectivity index (χ3v) is 5.76. The standard InChI is InChI=1S/C18H27N5OS/c1-12(2)18(24)19-14(4)17-21-20-16-5-7-22(8-9-23(16)17)11-15-13(3)6-10-25-15/h6,10,12,14H,5,7-9,11H2,1-4H3,(H,19,24). The monoisotopic (exact) mass is 361 g/mol. The van der Waals surface area contributed by atoms with Gasteiger partial charge in [-0.15, -0.1) is 21.5 Å². The van der Waals surface area contributed by atoms with Gasteiger partial charge in [0.05, 0.1) is 6.04 Å². The molecule has 0 saturated heterocycles. The van der Waals surface area contributed by atoms with E-state index in [9.17, 15) is 4.79 Å². The molecule has 3 rings (SSSR count). The zero-order chi connectivity index (χ0) is 18.0. The molecule has 1 aliphatic heterocycles. The molecule has 0 saturated carbocycles. The van der Waals surface area contributed by atoms with Gasteiger partial charge in [0.1, 0.15) is 5.82 Å². The first-order chi connectivity index (χ1) is 12.0. The van der Waals surface area contributed by atoms with Crippen LogP contribution in [0.5, 0.6) is 0 Å². The van der Waals surface area contributed by atoms with Crippen LogP contribution < -0.4 is 5.32 Å². The number of carbonyl (C=O) groups is 1. The van der Waals surface area contributed by atoms with Crippen molar-refractivity contribution in [2.24, 2.45) is 5.92 Å². The smallest absolute Gasteiger partial charge is 0.223 e. The summed E-state index contributed by atoms with van der Waals surface area (Å²) in [6.45, 7) is 11.8. The molecule has 1 N–H and O–H groups in total. The molecule has 0 aliphatic carbocycles. The Balaban J connectivity index is 1.67. The van der Waals surface area contributed by atoms with Crippen LogP contribution in [0.4, 0.5) is 0 Å². The lowest BCUT2D eigenvalue weighted by Gasteiger charge is -2.20. The molecule has 0 spiro atoms. The minimum atomic E-state index is -0.123. The van der Waals surface area contributed by atoms with E-state index in [-0.39, 0.29) is 17.9 Å². The Morgan fingerprint density at radius 3 is 2.76 bits per heavy atom. The summed E-state index contributed by atoms with van der Waals surface area (Å²) in [5.74, 6) is 1.90. The Labute approximate surface area is 153 Å². The zero-order valence-electron chi connectivity index (χ0n) is 15.5. The molecule has 1 aliphatic rings. The number of nitrogens with zero attached hydrogens (tertiary/aromatic N) is 4. The molecule has 6 nitrogen and oxygen atoms in total. The van der Waals surface area contributed by atoms with Crippen molar-refractivity contribution < 1.29 is 4.79 Å². The van der Waals surface area contributed by atoms with Crippen molar-refractivity contribution in [1.82, 2.24) is 25.0 Å². The van der Waals surface area contributed by atoms with E-state index in [4.69, 9.17) is 0 Å². The third-order valence-electron chi connectivity index (χ3n) is 4.75. The van der Waals surface area contributed by atoms with E-state index in [1.807, 2.05) is 32.1 Å². The van der Waals surface area contributed by atoms with Crippen LogP contribution in [-0.4, -0.2) is 38.7 Å². The highest BCUT2D eigenvalue weighted by molar-refractivity contribution is 7.10. The van der Waals surface area contributed by atoms with Gasteiger partial charge in [-0.1, -0.05) is 13.8 Å². The lowest BCUT2D eigenvalue weighted by atomic mass is 10.2. The molecule has 0 fully saturated rings. The Morgan fingerprint density at radius 2 is 2.08 bits per heavy atom. The van der Waals surface area contributed by atoms with Crippen molar-refractivity contribution in [1.29, 1.82) is 0 Å². The van der Waals surface area contributed by atoms with Gasteiger partial charge in [0, 0.05) is 43.4 Å². The number of carbonyl (C=O) groups excluding carboxylic acids is 1. The van der Waals surface area contributed by atoms with Crippen LogP contribution in [0.2, 0.25) is 0 Å². The summed E-state index contributed by atoms with van der Waals surface area (Å²) in [5.41, 5.74) is 1.37. The van der Waals surface area contributed by atoms with Crippen molar-refractivity contribution in [2.75, 3.05) is 13.1 Å². The Hall–Kier alpha value is -1.73. The molecule has 3 heterocycles. The van der Waals surface area contributed by atoms with Crippen LogP contribution in [0.1, 0.15) is 48.9 Å². The first-order valence-electron chi connectivity index (χ1n) is 8.93. The Morgan fingerprint density at radius 1 is 1.28 bits per heavy atom. The second kappa shape index (κ2) is 7.66. The molecule has 1 atom stereocenters. The molecular weight excluding hydrogens is 334 g/mol. The van der Waals surface area contributed by atoms with Crippen LogP contribution in [0.25, 0.3) is 0 Å². The number of hydrogen-bond donors (Lipinski definition) is 1. The van der Waals surface area contributed by atoms with Crippen molar-refractivity contribution >= 4 is 17.2 Å². The Bertz CT molecular complexity index is 736. The number of thiophene rings is 1. The molecule has 136 valence electrons. The van der Waals surface area contributed by atoms with Crippen molar-refractivity contribution in [3.63, 3.8) is 0 Å². The summed E-state index contributed by atoms with van der Waals surface area (Å²) in [5, 5.41) is 13.9. The first kappa shape index (κ1) is 18.1. The van der Waals surface area contributed by atoms with Gasteiger partial charge in [0.15, 0.2) is 5.82 Å². The van der Waals surface area contributed by atoms with Gasteiger partial charge >= 0.3 is 0 Å². The number of fused-ring (bicyclic) bond motifs is 1. The second-order valence-electron chi connectivity index (χ2n) is 7.06. The molecule has 25 heavy (non-hydrogen) atoms. The van der Waals surface area contributed by atoms with Gasteiger partial charge < -0.3 is 9.88 Å². The maximum absolute atomic E-state index is 12.0. The lowest BCUT2D eigenvalue weighted by molar-refractivity contribution is -0.124. The van der Waals surface area contributed by atoms with E-state index in [0.29, 0.717) is 0 Å². The average Bonchev–Trinajstić information content (AvgIpc) is 3.10. The van der Waals surface area contributed by atoms with E-state index in [1.165, 1.54) is 10.4 Å². The molecule has 2 aromatic rings. The van der Waals surface area contributed by atoms with Crippen LogP contribution in [0, 0.1) is 12.8 Å². The largest absolute Gasteiger partial charge is 0.346 e. The predicted octanol–water partition coefficient (Wildman–Crippen LogP) is 2.54. The van der Waals surface area contributed by atoms with Crippen molar-refractivity contribution in [2.45, 2.75) is 53.2 Å². The quantitative estimate of drug-likeness (QED) is 0.889. The van der Waals surface area contributed by atoms with Gasteiger partial charge in [-0.3, -0.25) is 9.69 Å². The topological polar surface area (TPSA) is 63.1 Å². The molecule has 1 unspecified atom stereocenters. The molecule has 1 amide bonds. The predicted molar refractivity (Wildman–Crippen MR) is 99.5 cm³/mol. The van der Waals surface area contributed by atoms with E-state index in [0.717, 1.165) is 44.2 Å². The lowest BCUT2D eigenvalue weighted by Crippen LogP contribution is -2.32. The van der Waals surface area contributed by atoms with Gasteiger partial charge in [0.2, 0.25) is 5.91 Å². The number of amides is 1. The second-order valence-corrected chi connectivity index (χ2v) is 8.06. The van der Waals surface area contributed by atoms with Gasteiger partial charge in [-0.05, 0) is 30.9 Å².